The van der Waals surface area contributed by atoms with Gasteiger partial charge in [0.15, 0.2) is 11.5 Å². The van der Waals surface area contributed by atoms with Crippen molar-refractivity contribution >= 4 is 17.4 Å². The lowest BCUT2D eigenvalue weighted by Crippen LogP contribution is -2.48. The van der Waals surface area contributed by atoms with E-state index in [0.29, 0.717) is 0 Å². The maximum absolute atomic E-state index is 12.7. The number of nitrogens with one attached hydrogen (secondary N) is 1. The number of hydrogen-bond acceptors (Lipinski definition) is 7. The third kappa shape index (κ3) is 5.37. The van der Waals surface area contributed by atoms with E-state index in [4.69, 9.17) is 0 Å². The average molecular weight is 463 g/mol. The lowest BCUT2D eigenvalue weighted by Gasteiger charge is -2.35. The Kier molecular flexibility index (Phi) is 7.01. The molecule has 180 valence electrons. The second-order valence-corrected chi connectivity index (χ2v) is 9.36. The topological polar surface area (TPSA) is 81.9 Å². The normalized spacial score (nSPS) is 18.4. The number of rotatable bonds is 7. The van der Waals surface area contributed by atoms with Crippen molar-refractivity contribution < 1.29 is 4.79 Å². The maximum Gasteiger partial charge on any atom is 0.223 e. The molecule has 1 N–H and O–H groups in total. The first kappa shape index (κ1) is 22.7. The minimum Gasteiger partial charge on any atom is -0.355 e. The van der Waals surface area contributed by atoms with Crippen molar-refractivity contribution in [2.45, 2.75) is 26.3 Å². The summed E-state index contributed by atoms with van der Waals surface area (Å²) < 4.78 is 1.77. The number of carbonyl (C=O) groups is 1. The summed E-state index contributed by atoms with van der Waals surface area (Å²) in [5, 5.41) is 16.0. The minimum absolute atomic E-state index is 0.0827. The van der Waals surface area contributed by atoms with Crippen LogP contribution in [0.4, 0.5) is 5.82 Å². The summed E-state index contributed by atoms with van der Waals surface area (Å²) in [6, 6.07) is 14.6. The molecule has 2 aliphatic rings. The largest absolute Gasteiger partial charge is 0.355 e. The van der Waals surface area contributed by atoms with Crippen molar-refractivity contribution in [2.24, 2.45) is 5.92 Å². The van der Waals surface area contributed by atoms with Crippen LogP contribution >= 0.6 is 0 Å². The summed E-state index contributed by atoms with van der Waals surface area (Å²) in [4.78, 5) is 19.9. The summed E-state index contributed by atoms with van der Waals surface area (Å²) in [7, 11) is 0. The molecule has 34 heavy (non-hydrogen) atoms. The summed E-state index contributed by atoms with van der Waals surface area (Å²) in [6.45, 7) is 10.5. The van der Waals surface area contributed by atoms with E-state index >= 15 is 0 Å². The smallest absolute Gasteiger partial charge is 0.223 e. The maximum atomic E-state index is 12.7. The highest BCUT2D eigenvalue weighted by Crippen LogP contribution is 2.22. The van der Waals surface area contributed by atoms with Crippen LogP contribution in [0, 0.1) is 12.8 Å². The van der Waals surface area contributed by atoms with Crippen LogP contribution in [0.3, 0.4) is 0 Å². The summed E-state index contributed by atoms with van der Waals surface area (Å²) in [6.07, 6.45) is 1.70. The molecule has 0 atom stereocenters. The van der Waals surface area contributed by atoms with Crippen LogP contribution in [0.2, 0.25) is 0 Å². The summed E-state index contributed by atoms with van der Waals surface area (Å²) in [5.41, 5.74) is 2.13. The monoisotopic (exact) mass is 462 g/mol. The Hall–Kier alpha value is -3.04. The Morgan fingerprint density at radius 3 is 2.44 bits per heavy atom. The lowest BCUT2D eigenvalue weighted by molar-refractivity contribution is -0.125. The quantitative estimate of drug-likeness (QED) is 0.571. The van der Waals surface area contributed by atoms with E-state index in [-0.39, 0.29) is 11.8 Å². The number of aromatic nitrogens is 4. The van der Waals surface area contributed by atoms with Gasteiger partial charge >= 0.3 is 0 Å². The van der Waals surface area contributed by atoms with E-state index in [0.717, 1.165) is 89.0 Å². The number of fused-ring (bicyclic) bond motifs is 1. The predicted molar refractivity (Wildman–Crippen MR) is 132 cm³/mol. The highest BCUT2D eigenvalue weighted by molar-refractivity contribution is 5.79. The van der Waals surface area contributed by atoms with Crippen LogP contribution in [-0.4, -0.2) is 87.9 Å². The highest BCUT2D eigenvalue weighted by Gasteiger charge is 2.26. The molecule has 0 bridgehead atoms. The van der Waals surface area contributed by atoms with Crippen LogP contribution in [0.25, 0.3) is 5.65 Å². The van der Waals surface area contributed by atoms with Gasteiger partial charge in [-0.05, 0) is 37.5 Å². The van der Waals surface area contributed by atoms with Gasteiger partial charge in [-0.2, -0.15) is 4.52 Å². The fraction of sp³-hybridized carbons (Fsp3) is 0.520. The third-order valence-electron chi connectivity index (χ3n) is 7.04. The van der Waals surface area contributed by atoms with E-state index < -0.39 is 0 Å². The van der Waals surface area contributed by atoms with Crippen LogP contribution < -0.4 is 10.2 Å². The van der Waals surface area contributed by atoms with Crippen molar-refractivity contribution in [2.75, 3.05) is 57.3 Å². The second-order valence-electron chi connectivity index (χ2n) is 9.36. The molecule has 3 aromatic rings. The van der Waals surface area contributed by atoms with Gasteiger partial charge in [-0.3, -0.25) is 14.6 Å². The van der Waals surface area contributed by atoms with Gasteiger partial charge in [0.05, 0.1) is 0 Å². The van der Waals surface area contributed by atoms with Crippen LogP contribution in [-0.2, 0) is 11.3 Å². The standard InChI is InChI=1S/C25H34N8O/c1-20-27-28-23-7-8-24(29-33(20)23)32-12-9-22(10-13-32)25(34)26-11-14-30-15-17-31(18-16-30)19-21-5-3-2-4-6-21/h2-8,22H,9-19H2,1H3,(H,26,34). The zero-order chi connectivity index (χ0) is 23.3. The highest BCUT2D eigenvalue weighted by atomic mass is 16.1. The lowest BCUT2D eigenvalue weighted by atomic mass is 9.96. The molecule has 9 nitrogen and oxygen atoms in total. The van der Waals surface area contributed by atoms with Crippen LogP contribution in [0.5, 0.6) is 0 Å². The number of amides is 1. The number of piperazine rings is 1. The Morgan fingerprint density at radius 1 is 0.941 bits per heavy atom. The van der Waals surface area contributed by atoms with Gasteiger partial charge in [0.1, 0.15) is 5.82 Å². The zero-order valence-electron chi connectivity index (χ0n) is 19.9. The third-order valence-corrected chi connectivity index (χ3v) is 7.04. The van der Waals surface area contributed by atoms with Crippen molar-refractivity contribution in [3.63, 3.8) is 0 Å². The molecule has 0 unspecified atom stereocenters. The molecule has 0 saturated carbocycles. The Bertz CT molecular complexity index is 1080. The summed E-state index contributed by atoms with van der Waals surface area (Å²) in [5.74, 6) is 1.98. The molecule has 0 aliphatic carbocycles. The number of carbonyl (C=O) groups excluding carboxylic acids is 1. The van der Waals surface area contributed by atoms with Gasteiger partial charge in [0.25, 0.3) is 0 Å². The molecule has 0 radical (unpaired) electrons. The molecule has 2 fully saturated rings. The molecule has 2 saturated heterocycles. The van der Waals surface area contributed by atoms with E-state index in [2.05, 4.69) is 65.6 Å². The molecular weight excluding hydrogens is 428 g/mol. The number of hydrogen-bond donors (Lipinski definition) is 1. The molecule has 2 aliphatic heterocycles. The van der Waals surface area contributed by atoms with Gasteiger partial charge in [-0.25, -0.2) is 0 Å². The first-order valence-electron chi connectivity index (χ1n) is 12.4. The molecule has 1 aromatic carbocycles. The minimum atomic E-state index is 0.0827. The van der Waals surface area contributed by atoms with Gasteiger partial charge in [-0.1, -0.05) is 30.3 Å². The Labute approximate surface area is 200 Å². The molecule has 4 heterocycles. The molecular formula is C25H34N8O. The number of aryl methyl sites for hydroxylation is 1. The first-order valence-corrected chi connectivity index (χ1v) is 12.4. The summed E-state index contributed by atoms with van der Waals surface area (Å²) >= 11 is 0. The number of nitrogens with zero attached hydrogens (tertiary/aromatic N) is 7. The van der Waals surface area contributed by atoms with Crippen molar-refractivity contribution in [1.82, 2.24) is 34.9 Å². The van der Waals surface area contributed by atoms with Gasteiger partial charge in [-0.15, -0.1) is 15.3 Å². The van der Waals surface area contributed by atoms with Crippen molar-refractivity contribution in [1.29, 1.82) is 0 Å². The van der Waals surface area contributed by atoms with E-state index in [1.165, 1.54) is 5.56 Å². The number of benzene rings is 1. The van der Waals surface area contributed by atoms with Crippen LogP contribution in [0.15, 0.2) is 42.5 Å². The fourth-order valence-corrected chi connectivity index (χ4v) is 4.92. The van der Waals surface area contributed by atoms with E-state index in [1.54, 1.807) is 4.52 Å². The first-order chi connectivity index (χ1) is 16.7. The molecule has 0 spiro atoms. The van der Waals surface area contributed by atoms with Crippen molar-refractivity contribution in [3.05, 3.63) is 53.9 Å². The van der Waals surface area contributed by atoms with Gasteiger partial charge < -0.3 is 10.2 Å². The second kappa shape index (κ2) is 10.5. The Balaban J connectivity index is 1.01. The molecule has 1 amide bonds. The Morgan fingerprint density at radius 2 is 1.68 bits per heavy atom. The zero-order valence-corrected chi connectivity index (χ0v) is 19.9. The number of anilines is 1. The van der Waals surface area contributed by atoms with Crippen LogP contribution in [0.1, 0.15) is 24.2 Å². The molecule has 5 rings (SSSR count). The predicted octanol–water partition coefficient (Wildman–Crippen LogP) is 1.58. The SMILES string of the molecule is Cc1nnc2ccc(N3CCC(C(=O)NCCN4CCN(Cc5ccccc5)CC4)CC3)nn12. The molecule has 9 heteroatoms. The van der Waals surface area contributed by atoms with Gasteiger partial charge in [0, 0.05) is 64.8 Å². The molecule has 2 aromatic heterocycles. The fourth-order valence-electron chi connectivity index (χ4n) is 4.92. The average Bonchev–Trinajstić information content (AvgIpc) is 3.26. The van der Waals surface area contributed by atoms with Crippen molar-refractivity contribution in [3.8, 4) is 0 Å². The number of piperidine rings is 1. The van der Waals surface area contributed by atoms with Gasteiger partial charge in [0.2, 0.25) is 5.91 Å². The van der Waals surface area contributed by atoms with E-state index in [1.807, 2.05) is 19.1 Å². The van der Waals surface area contributed by atoms with E-state index in [9.17, 15) is 4.79 Å².